The molecule has 0 saturated heterocycles. The Kier molecular flexibility index (Phi) is 5.53. The maximum Gasteiger partial charge on any atom is 0.338 e. The predicted octanol–water partition coefficient (Wildman–Crippen LogP) is 3.29. The average Bonchev–Trinajstić information content (AvgIpc) is 2.33. The summed E-state index contributed by atoms with van der Waals surface area (Å²) < 4.78 is 10.6. The van der Waals surface area contributed by atoms with E-state index in [-0.39, 0.29) is 5.97 Å². The average molecular weight is 236 g/mol. The van der Waals surface area contributed by atoms with E-state index in [1.165, 1.54) is 0 Å². The van der Waals surface area contributed by atoms with Gasteiger partial charge >= 0.3 is 5.97 Å². The van der Waals surface area contributed by atoms with Gasteiger partial charge < -0.3 is 9.47 Å². The minimum Gasteiger partial charge on any atom is -0.493 e. The van der Waals surface area contributed by atoms with Crippen molar-refractivity contribution in [1.82, 2.24) is 0 Å². The van der Waals surface area contributed by atoms with E-state index in [0.29, 0.717) is 30.4 Å². The molecule has 17 heavy (non-hydrogen) atoms. The summed E-state index contributed by atoms with van der Waals surface area (Å²) in [7, 11) is 0. The molecule has 1 aromatic carbocycles. The molecular formula is C14H20O3. The van der Waals surface area contributed by atoms with E-state index in [1.807, 2.05) is 13.0 Å². The van der Waals surface area contributed by atoms with E-state index >= 15 is 0 Å². The van der Waals surface area contributed by atoms with Gasteiger partial charge in [0.05, 0.1) is 18.8 Å². The molecule has 0 fully saturated rings. The molecule has 0 aromatic heterocycles. The van der Waals surface area contributed by atoms with Crippen LogP contribution >= 0.6 is 0 Å². The van der Waals surface area contributed by atoms with Gasteiger partial charge in [0, 0.05) is 0 Å². The monoisotopic (exact) mass is 236 g/mol. The second-order valence-corrected chi connectivity index (χ2v) is 4.37. The molecule has 0 heterocycles. The zero-order valence-corrected chi connectivity index (χ0v) is 10.7. The summed E-state index contributed by atoms with van der Waals surface area (Å²) in [6.45, 7) is 7.23. The Morgan fingerprint density at radius 2 is 2.12 bits per heavy atom. The Balaban J connectivity index is 2.61. The summed E-state index contributed by atoms with van der Waals surface area (Å²) in [6.07, 6.45) is 0.829. The first-order chi connectivity index (χ1) is 8.13. The van der Waals surface area contributed by atoms with Crippen LogP contribution < -0.4 is 4.74 Å². The van der Waals surface area contributed by atoms with Crippen molar-refractivity contribution in [2.75, 3.05) is 13.2 Å². The maximum atomic E-state index is 11.6. The van der Waals surface area contributed by atoms with Crippen LogP contribution in [-0.4, -0.2) is 19.2 Å². The first-order valence-electron chi connectivity index (χ1n) is 6.03. The van der Waals surface area contributed by atoms with Crippen LogP contribution in [0.5, 0.6) is 5.75 Å². The lowest BCUT2D eigenvalue weighted by atomic mass is 10.2. The lowest BCUT2D eigenvalue weighted by Crippen LogP contribution is -2.07. The van der Waals surface area contributed by atoms with E-state index in [0.717, 1.165) is 6.42 Å². The molecule has 0 aliphatic rings. The molecule has 0 aliphatic heterocycles. The Morgan fingerprint density at radius 3 is 2.76 bits per heavy atom. The van der Waals surface area contributed by atoms with Crippen LogP contribution in [0, 0.1) is 5.92 Å². The molecule has 0 spiro atoms. The maximum absolute atomic E-state index is 11.6. The molecular weight excluding hydrogens is 216 g/mol. The van der Waals surface area contributed by atoms with Crippen molar-refractivity contribution < 1.29 is 14.3 Å². The standard InChI is InChI=1S/C14H20O3/c1-4-8-16-14(15)12-6-5-7-13(9-12)17-10-11(2)3/h5-7,9,11H,4,8,10H2,1-3H3. The van der Waals surface area contributed by atoms with Crippen LogP contribution in [0.4, 0.5) is 0 Å². The molecule has 0 N–H and O–H groups in total. The van der Waals surface area contributed by atoms with Gasteiger partial charge in [-0.3, -0.25) is 0 Å². The van der Waals surface area contributed by atoms with Gasteiger partial charge in [0.15, 0.2) is 0 Å². The number of hydrogen-bond acceptors (Lipinski definition) is 3. The molecule has 0 amide bonds. The van der Waals surface area contributed by atoms with Gasteiger partial charge in [0.1, 0.15) is 5.75 Å². The highest BCUT2D eigenvalue weighted by molar-refractivity contribution is 5.89. The van der Waals surface area contributed by atoms with Crippen LogP contribution in [-0.2, 0) is 4.74 Å². The van der Waals surface area contributed by atoms with E-state index in [4.69, 9.17) is 9.47 Å². The summed E-state index contributed by atoms with van der Waals surface area (Å²) in [4.78, 5) is 11.6. The lowest BCUT2D eigenvalue weighted by molar-refractivity contribution is 0.0504. The third-order valence-corrected chi connectivity index (χ3v) is 2.09. The summed E-state index contributed by atoms with van der Waals surface area (Å²) in [5.41, 5.74) is 0.541. The van der Waals surface area contributed by atoms with Crippen LogP contribution in [0.2, 0.25) is 0 Å². The topological polar surface area (TPSA) is 35.5 Å². The molecule has 3 nitrogen and oxygen atoms in total. The van der Waals surface area contributed by atoms with Crippen molar-refractivity contribution in [2.24, 2.45) is 5.92 Å². The molecule has 0 saturated carbocycles. The van der Waals surface area contributed by atoms with Crippen LogP contribution in [0.3, 0.4) is 0 Å². The molecule has 0 atom stereocenters. The van der Waals surface area contributed by atoms with Gasteiger partial charge in [-0.15, -0.1) is 0 Å². The first-order valence-corrected chi connectivity index (χ1v) is 6.03. The molecule has 0 bridgehead atoms. The number of esters is 1. The van der Waals surface area contributed by atoms with Crippen LogP contribution in [0.15, 0.2) is 24.3 Å². The molecule has 3 heteroatoms. The number of carbonyl (C=O) groups is 1. The molecule has 1 rings (SSSR count). The zero-order valence-electron chi connectivity index (χ0n) is 10.7. The van der Waals surface area contributed by atoms with Crippen molar-refractivity contribution in [1.29, 1.82) is 0 Å². The molecule has 1 aromatic rings. The van der Waals surface area contributed by atoms with Crippen LogP contribution in [0.25, 0.3) is 0 Å². The smallest absolute Gasteiger partial charge is 0.338 e. The number of hydrogen-bond donors (Lipinski definition) is 0. The highest BCUT2D eigenvalue weighted by Gasteiger charge is 2.07. The fraction of sp³-hybridized carbons (Fsp3) is 0.500. The van der Waals surface area contributed by atoms with Crippen molar-refractivity contribution in [2.45, 2.75) is 27.2 Å². The SMILES string of the molecule is CCCOC(=O)c1cccc(OCC(C)C)c1. The highest BCUT2D eigenvalue weighted by Crippen LogP contribution is 2.15. The molecule has 0 aliphatic carbocycles. The normalized spacial score (nSPS) is 10.4. The minimum absolute atomic E-state index is 0.290. The van der Waals surface area contributed by atoms with E-state index in [2.05, 4.69) is 13.8 Å². The molecule has 0 radical (unpaired) electrons. The largest absolute Gasteiger partial charge is 0.493 e. The Bertz CT molecular complexity index is 358. The van der Waals surface area contributed by atoms with Crippen LogP contribution in [0.1, 0.15) is 37.6 Å². The van der Waals surface area contributed by atoms with Gasteiger partial charge in [-0.05, 0) is 30.5 Å². The Hall–Kier alpha value is -1.51. The van der Waals surface area contributed by atoms with E-state index in [9.17, 15) is 4.79 Å². The molecule has 0 unspecified atom stereocenters. The van der Waals surface area contributed by atoms with Gasteiger partial charge in [0.25, 0.3) is 0 Å². The number of benzene rings is 1. The summed E-state index contributed by atoms with van der Waals surface area (Å²) >= 11 is 0. The van der Waals surface area contributed by atoms with E-state index in [1.54, 1.807) is 18.2 Å². The quantitative estimate of drug-likeness (QED) is 0.711. The van der Waals surface area contributed by atoms with Gasteiger partial charge in [-0.2, -0.15) is 0 Å². The highest BCUT2D eigenvalue weighted by atomic mass is 16.5. The van der Waals surface area contributed by atoms with Gasteiger partial charge in [-0.1, -0.05) is 26.8 Å². The van der Waals surface area contributed by atoms with E-state index < -0.39 is 0 Å². The first kappa shape index (κ1) is 13.6. The Labute approximate surface area is 103 Å². The Morgan fingerprint density at radius 1 is 1.35 bits per heavy atom. The lowest BCUT2D eigenvalue weighted by Gasteiger charge is -2.09. The summed E-state index contributed by atoms with van der Waals surface area (Å²) in [6, 6.07) is 7.11. The summed E-state index contributed by atoms with van der Waals surface area (Å²) in [5.74, 6) is 0.886. The third kappa shape index (κ3) is 4.89. The fourth-order valence-electron chi connectivity index (χ4n) is 1.25. The second-order valence-electron chi connectivity index (χ2n) is 4.37. The van der Waals surface area contributed by atoms with Crippen molar-refractivity contribution in [3.8, 4) is 5.75 Å². The molecule has 94 valence electrons. The van der Waals surface area contributed by atoms with Crippen molar-refractivity contribution in [3.05, 3.63) is 29.8 Å². The fourth-order valence-corrected chi connectivity index (χ4v) is 1.25. The van der Waals surface area contributed by atoms with Gasteiger partial charge in [0.2, 0.25) is 0 Å². The number of ether oxygens (including phenoxy) is 2. The number of carbonyl (C=O) groups excluding carboxylic acids is 1. The minimum atomic E-state index is -0.290. The second kappa shape index (κ2) is 6.94. The predicted molar refractivity (Wildman–Crippen MR) is 67.3 cm³/mol. The zero-order chi connectivity index (χ0) is 12.7. The van der Waals surface area contributed by atoms with Crippen molar-refractivity contribution >= 4 is 5.97 Å². The van der Waals surface area contributed by atoms with Crippen molar-refractivity contribution in [3.63, 3.8) is 0 Å². The third-order valence-electron chi connectivity index (χ3n) is 2.09. The summed E-state index contributed by atoms with van der Waals surface area (Å²) in [5, 5.41) is 0. The van der Waals surface area contributed by atoms with Gasteiger partial charge in [-0.25, -0.2) is 4.79 Å². The number of rotatable bonds is 6.